The van der Waals surface area contributed by atoms with Crippen LogP contribution in [0.4, 0.5) is 0 Å². The van der Waals surface area contributed by atoms with Crippen molar-refractivity contribution in [1.82, 2.24) is 14.1 Å². The fraction of sp³-hybridized carbons (Fsp3) is 0.548. The summed E-state index contributed by atoms with van der Waals surface area (Å²) in [5, 5.41) is 0. The van der Waals surface area contributed by atoms with Gasteiger partial charge in [-0.05, 0) is 74.8 Å². The zero-order chi connectivity index (χ0) is 28.4. The SMILES string of the molecule is CCCCc1ccc(C(=O)N2CCC(N(Cc3ccccc3C)C(=O)CN(CCC)S(=O)(=O)CC)CC2)cc1. The number of rotatable bonds is 13. The molecule has 39 heavy (non-hydrogen) atoms. The number of benzene rings is 2. The topological polar surface area (TPSA) is 78.0 Å². The Morgan fingerprint density at radius 2 is 1.62 bits per heavy atom. The van der Waals surface area contributed by atoms with Gasteiger partial charge in [-0.15, -0.1) is 0 Å². The highest BCUT2D eigenvalue weighted by Gasteiger charge is 2.32. The highest BCUT2D eigenvalue weighted by atomic mass is 32.2. The molecule has 0 N–H and O–H groups in total. The number of sulfonamides is 1. The first-order valence-corrected chi connectivity index (χ1v) is 16.0. The number of aryl methyl sites for hydroxylation is 2. The molecule has 2 aromatic rings. The third-order valence-corrected chi connectivity index (χ3v) is 9.51. The first-order chi connectivity index (χ1) is 18.7. The van der Waals surface area contributed by atoms with Gasteiger partial charge < -0.3 is 9.80 Å². The molecule has 1 saturated heterocycles. The standard InChI is InChI=1S/C31H45N3O4S/c1-5-8-12-26-14-16-27(17-15-26)31(36)32-21-18-29(19-22-32)34(23-28-13-10-9-11-25(28)4)30(35)24-33(20-6-2)39(37,38)7-3/h9-11,13-17,29H,5-8,12,18-24H2,1-4H3. The molecule has 0 saturated carbocycles. The number of nitrogens with zero attached hydrogens (tertiary/aromatic N) is 3. The molecule has 0 atom stereocenters. The van der Waals surface area contributed by atoms with E-state index in [1.807, 2.05) is 72.2 Å². The van der Waals surface area contributed by atoms with E-state index in [1.165, 1.54) is 9.87 Å². The van der Waals surface area contributed by atoms with E-state index < -0.39 is 10.0 Å². The van der Waals surface area contributed by atoms with Crippen LogP contribution in [0.5, 0.6) is 0 Å². The van der Waals surface area contributed by atoms with Crippen LogP contribution in [0.2, 0.25) is 0 Å². The van der Waals surface area contributed by atoms with Crippen molar-refractivity contribution >= 4 is 21.8 Å². The summed E-state index contributed by atoms with van der Waals surface area (Å²) in [5.41, 5.74) is 4.09. The van der Waals surface area contributed by atoms with Gasteiger partial charge in [-0.1, -0.05) is 56.7 Å². The van der Waals surface area contributed by atoms with Gasteiger partial charge in [0, 0.05) is 37.8 Å². The molecule has 214 valence electrons. The summed E-state index contributed by atoms with van der Waals surface area (Å²) in [6, 6.07) is 15.9. The van der Waals surface area contributed by atoms with E-state index in [0.29, 0.717) is 51.0 Å². The van der Waals surface area contributed by atoms with Crippen molar-refractivity contribution in [2.45, 2.75) is 78.8 Å². The van der Waals surface area contributed by atoms with Crippen molar-refractivity contribution in [2.24, 2.45) is 0 Å². The van der Waals surface area contributed by atoms with Crippen LogP contribution in [0, 0.1) is 6.92 Å². The first kappa shape index (κ1) is 30.8. The largest absolute Gasteiger partial charge is 0.338 e. The average Bonchev–Trinajstić information content (AvgIpc) is 2.95. The molecular formula is C31H45N3O4S. The zero-order valence-corrected chi connectivity index (χ0v) is 24.9. The van der Waals surface area contributed by atoms with Crippen molar-refractivity contribution < 1.29 is 18.0 Å². The van der Waals surface area contributed by atoms with E-state index >= 15 is 0 Å². The number of carbonyl (C=O) groups is 2. The maximum atomic E-state index is 13.7. The Morgan fingerprint density at radius 3 is 2.21 bits per heavy atom. The lowest BCUT2D eigenvalue weighted by Crippen LogP contribution is -2.51. The smallest absolute Gasteiger partial charge is 0.253 e. The fourth-order valence-electron chi connectivity index (χ4n) is 5.14. The van der Waals surface area contributed by atoms with Gasteiger partial charge in [0.25, 0.3) is 5.91 Å². The molecule has 7 nitrogen and oxygen atoms in total. The van der Waals surface area contributed by atoms with Crippen molar-refractivity contribution in [3.05, 3.63) is 70.8 Å². The third-order valence-electron chi connectivity index (χ3n) is 7.68. The maximum absolute atomic E-state index is 13.7. The van der Waals surface area contributed by atoms with Gasteiger partial charge in [0.1, 0.15) is 0 Å². The maximum Gasteiger partial charge on any atom is 0.253 e. The molecule has 0 aromatic heterocycles. The van der Waals surface area contributed by atoms with E-state index in [0.717, 1.165) is 30.4 Å². The summed E-state index contributed by atoms with van der Waals surface area (Å²) in [6.07, 6.45) is 5.27. The van der Waals surface area contributed by atoms with Crippen LogP contribution in [0.25, 0.3) is 0 Å². The van der Waals surface area contributed by atoms with Crippen molar-refractivity contribution in [3.63, 3.8) is 0 Å². The highest BCUT2D eigenvalue weighted by molar-refractivity contribution is 7.89. The number of hydrogen-bond donors (Lipinski definition) is 0. The van der Waals surface area contributed by atoms with Crippen molar-refractivity contribution in [1.29, 1.82) is 0 Å². The van der Waals surface area contributed by atoms with Gasteiger partial charge >= 0.3 is 0 Å². The second-order valence-corrected chi connectivity index (χ2v) is 12.8. The lowest BCUT2D eigenvalue weighted by Gasteiger charge is -2.39. The summed E-state index contributed by atoms with van der Waals surface area (Å²) in [7, 11) is -3.49. The average molecular weight is 556 g/mol. The molecule has 1 aliphatic rings. The summed E-state index contributed by atoms with van der Waals surface area (Å²) < 4.78 is 26.7. The molecule has 1 aliphatic heterocycles. The second kappa shape index (κ2) is 14.6. The molecule has 2 amide bonds. The minimum absolute atomic E-state index is 0.0235. The number of carbonyl (C=O) groups excluding carboxylic acids is 2. The fourth-order valence-corrected chi connectivity index (χ4v) is 6.27. The van der Waals surface area contributed by atoms with E-state index in [-0.39, 0.29) is 30.2 Å². The third kappa shape index (κ3) is 8.39. The minimum atomic E-state index is -3.49. The number of likely N-dealkylation sites (tertiary alicyclic amines) is 1. The Labute approximate surface area is 235 Å². The highest BCUT2D eigenvalue weighted by Crippen LogP contribution is 2.23. The molecule has 1 fully saturated rings. The normalized spacial score (nSPS) is 14.5. The minimum Gasteiger partial charge on any atom is -0.338 e. The lowest BCUT2D eigenvalue weighted by molar-refractivity contribution is -0.135. The quantitative estimate of drug-likeness (QED) is 0.347. The van der Waals surface area contributed by atoms with Crippen LogP contribution in [0.3, 0.4) is 0 Å². The molecule has 0 bridgehead atoms. The number of hydrogen-bond acceptors (Lipinski definition) is 4. The predicted molar refractivity (Wildman–Crippen MR) is 157 cm³/mol. The van der Waals surface area contributed by atoms with Crippen LogP contribution >= 0.6 is 0 Å². The summed E-state index contributed by atoms with van der Waals surface area (Å²) in [6.45, 7) is 9.44. The van der Waals surface area contributed by atoms with Gasteiger partial charge in [0.05, 0.1) is 12.3 Å². The Kier molecular flexibility index (Phi) is 11.5. The van der Waals surface area contributed by atoms with Gasteiger partial charge in [-0.25, -0.2) is 8.42 Å². The molecule has 1 heterocycles. The Hall–Kier alpha value is -2.71. The Balaban J connectivity index is 1.73. The van der Waals surface area contributed by atoms with E-state index in [9.17, 15) is 18.0 Å². The lowest BCUT2D eigenvalue weighted by atomic mass is 9.99. The van der Waals surface area contributed by atoms with E-state index in [2.05, 4.69) is 6.92 Å². The molecular weight excluding hydrogens is 510 g/mol. The monoisotopic (exact) mass is 555 g/mol. The van der Waals surface area contributed by atoms with E-state index in [1.54, 1.807) is 6.92 Å². The number of piperidine rings is 1. The molecule has 3 rings (SSSR count). The molecule has 0 radical (unpaired) electrons. The van der Waals surface area contributed by atoms with Gasteiger partial charge in [0.15, 0.2) is 0 Å². The summed E-state index contributed by atoms with van der Waals surface area (Å²) >= 11 is 0. The van der Waals surface area contributed by atoms with Gasteiger partial charge in [-0.3, -0.25) is 9.59 Å². The van der Waals surface area contributed by atoms with Crippen LogP contribution in [-0.2, 0) is 27.8 Å². The number of amides is 2. The summed E-state index contributed by atoms with van der Waals surface area (Å²) in [4.78, 5) is 30.6. The molecule has 8 heteroatoms. The molecule has 0 aliphatic carbocycles. The van der Waals surface area contributed by atoms with Gasteiger partial charge in [-0.2, -0.15) is 4.31 Å². The molecule has 0 spiro atoms. The van der Waals surface area contributed by atoms with E-state index in [4.69, 9.17) is 0 Å². The van der Waals surface area contributed by atoms with Crippen LogP contribution < -0.4 is 0 Å². The Bertz CT molecular complexity index is 1190. The van der Waals surface area contributed by atoms with Gasteiger partial charge in [0.2, 0.25) is 15.9 Å². The van der Waals surface area contributed by atoms with Crippen molar-refractivity contribution in [3.8, 4) is 0 Å². The number of unbranched alkanes of at least 4 members (excludes halogenated alkanes) is 1. The zero-order valence-electron chi connectivity index (χ0n) is 24.1. The molecule has 2 aromatic carbocycles. The van der Waals surface area contributed by atoms with Crippen LogP contribution in [-0.4, -0.2) is 72.3 Å². The predicted octanol–water partition coefficient (Wildman–Crippen LogP) is 5.03. The van der Waals surface area contributed by atoms with Crippen LogP contribution in [0.15, 0.2) is 48.5 Å². The van der Waals surface area contributed by atoms with Crippen LogP contribution in [0.1, 0.15) is 79.9 Å². The second-order valence-electron chi connectivity index (χ2n) is 10.5. The summed E-state index contributed by atoms with van der Waals surface area (Å²) in [5.74, 6) is -0.190. The van der Waals surface area contributed by atoms with Crippen molar-refractivity contribution in [2.75, 3.05) is 31.9 Å². The first-order valence-electron chi connectivity index (χ1n) is 14.4. The molecule has 0 unspecified atom stereocenters. The Morgan fingerprint density at radius 1 is 0.949 bits per heavy atom.